The van der Waals surface area contributed by atoms with Crippen molar-refractivity contribution in [2.75, 3.05) is 6.54 Å². The second-order valence-electron chi connectivity index (χ2n) is 3.18. The highest BCUT2D eigenvalue weighted by atomic mass is 35.5. The van der Waals surface area contributed by atoms with Crippen molar-refractivity contribution in [3.8, 4) is 0 Å². The van der Waals surface area contributed by atoms with E-state index in [9.17, 15) is 9.59 Å². The number of hydrogen-bond acceptors (Lipinski definition) is 2. The predicted molar refractivity (Wildman–Crippen MR) is 52.2 cm³/mol. The Kier molecular flexibility index (Phi) is 2.25. The number of carbonyl (C=O) groups is 2. The summed E-state index contributed by atoms with van der Waals surface area (Å²) in [5, 5.41) is 3.13. The van der Waals surface area contributed by atoms with E-state index >= 15 is 0 Å². The normalized spacial score (nSPS) is 21.1. The fourth-order valence-electron chi connectivity index (χ4n) is 1.50. The van der Waals surface area contributed by atoms with Gasteiger partial charge in [0, 0.05) is 11.6 Å². The van der Waals surface area contributed by atoms with Gasteiger partial charge in [0.15, 0.2) is 0 Å². The largest absolute Gasteiger partial charge is 0.348 e. The Labute approximate surface area is 86.1 Å². The number of benzene rings is 1. The lowest BCUT2D eigenvalue weighted by Gasteiger charge is -2.05. The molecule has 1 heterocycles. The highest BCUT2D eigenvalue weighted by Gasteiger charge is 2.33. The lowest BCUT2D eigenvalue weighted by atomic mass is 9.97. The van der Waals surface area contributed by atoms with Gasteiger partial charge in [-0.15, -0.1) is 0 Å². The van der Waals surface area contributed by atoms with Gasteiger partial charge in [0.25, 0.3) is 5.91 Å². The minimum absolute atomic E-state index is 0.347. The van der Waals surface area contributed by atoms with E-state index < -0.39 is 5.91 Å². The standard InChI is InChI=1S/C10H8ClNO2/c11-7-3-1-6(2-4-7)8-5-12-10(14)9(8)13/h1-4,8H,5H2,(H,12,14). The molecule has 1 amide bonds. The van der Waals surface area contributed by atoms with Gasteiger partial charge in [-0.25, -0.2) is 0 Å². The molecule has 1 N–H and O–H groups in total. The number of amides is 1. The first-order chi connectivity index (χ1) is 6.68. The molecule has 1 aromatic carbocycles. The third-order valence-corrected chi connectivity index (χ3v) is 2.53. The Morgan fingerprint density at radius 1 is 1.21 bits per heavy atom. The zero-order valence-electron chi connectivity index (χ0n) is 7.29. The van der Waals surface area contributed by atoms with Crippen LogP contribution in [-0.4, -0.2) is 18.2 Å². The van der Waals surface area contributed by atoms with E-state index in [-0.39, 0.29) is 11.7 Å². The first-order valence-electron chi connectivity index (χ1n) is 4.26. The van der Waals surface area contributed by atoms with Gasteiger partial charge in [0.1, 0.15) is 0 Å². The van der Waals surface area contributed by atoms with Crippen molar-refractivity contribution in [1.29, 1.82) is 0 Å². The maximum Gasteiger partial charge on any atom is 0.288 e. The second-order valence-corrected chi connectivity index (χ2v) is 3.61. The lowest BCUT2D eigenvalue weighted by Crippen LogP contribution is -2.18. The fourth-order valence-corrected chi connectivity index (χ4v) is 1.62. The lowest BCUT2D eigenvalue weighted by molar-refractivity contribution is -0.135. The molecule has 14 heavy (non-hydrogen) atoms. The summed E-state index contributed by atoms with van der Waals surface area (Å²) >= 11 is 5.72. The van der Waals surface area contributed by atoms with Gasteiger partial charge in [0.2, 0.25) is 5.78 Å². The van der Waals surface area contributed by atoms with Crippen molar-refractivity contribution >= 4 is 23.3 Å². The molecule has 3 nitrogen and oxygen atoms in total. The van der Waals surface area contributed by atoms with Gasteiger partial charge in [-0.1, -0.05) is 23.7 Å². The molecule has 2 rings (SSSR count). The van der Waals surface area contributed by atoms with Crippen molar-refractivity contribution in [2.45, 2.75) is 5.92 Å². The van der Waals surface area contributed by atoms with Crippen LogP contribution < -0.4 is 5.32 Å². The van der Waals surface area contributed by atoms with Crippen LogP contribution in [0.3, 0.4) is 0 Å². The van der Waals surface area contributed by atoms with E-state index in [0.29, 0.717) is 11.6 Å². The summed E-state index contributed by atoms with van der Waals surface area (Å²) in [6.45, 7) is 0.388. The average molecular weight is 210 g/mol. The zero-order valence-corrected chi connectivity index (χ0v) is 8.04. The second kappa shape index (κ2) is 3.42. The van der Waals surface area contributed by atoms with E-state index in [4.69, 9.17) is 11.6 Å². The molecule has 1 saturated heterocycles. The maximum atomic E-state index is 11.3. The van der Waals surface area contributed by atoms with Gasteiger partial charge in [0.05, 0.1) is 5.92 Å². The molecule has 72 valence electrons. The smallest absolute Gasteiger partial charge is 0.288 e. The van der Waals surface area contributed by atoms with Gasteiger partial charge in [-0.3, -0.25) is 9.59 Å². The molecule has 1 aliphatic rings. The minimum Gasteiger partial charge on any atom is -0.348 e. The summed E-state index contributed by atoms with van der Waals surface area (Å²) in [5.41, 5.74) is 0.831. The molecular formula is C10H8ClNO2. The van der Waals surface area contributed by atoms with Gasteiger partial charge in [-0.2, -0.15) is 0 Å². The van der Waals surface area contributed by atoms with Crippen LogP contribution in [-0.2, 0) is 9.59 Å². The summed E-state index contributed by atoms with van der Waals surface area (Å²) in [6.07, 6.45) is 0. The Hall–Kier alpha value is -1.35. The molecule has 0 spiro atoms. The van der Waals surface area contributed by atoms with E-state index in [2.05, 4.69) is 5.32 Å². The molecule has 1 unspecified atom stereocenters. The van der Waals surface area contributed by atoms with Crippen LogP contribution in [0.5, 0.6) is 0 Å². The molecule has 4 heteroatoms. The predicted octanol–water partition coefficient (Wildman–Crippen LogP) is 1.12. The van der Waals surface area contributed by atoms with Crippen LogP contribution in [0.4, 0.5) is 0 Å². The average Bonchev–Trinajstić information content (AvgIpc) is 2.50. The number of nitrogens with one attached hydrogen (secondary N) is 1. The Morgan fingerprint density at radius 2 is 1.86 bits per heavy atom. The van der Waals surface area contributed by atoms with E-state index in [1.165, 1.54) is 0 Å². The first kappa shape index (κ1) is 9.21. The number of ketones is 1. The van der Waals surface area contributed by atoms with Crippen LogP contribution in [0.15, 0.2) is 24.3 Å². The molecule has 0 radical (unpaired) electrons. The van der Waals surface area contributed by atoms with Crippen molar-refractivity contribution in [1.82, 2.24) is 5.32 Å². The molecule has 0 saturated carbocycles. The highest BCUT2D eigenvalue weighted by Crippen LogP contribution is 2.21. The molecule has 1 aliphatic heterocycles. The molecule has 1 aromatic rings. The molecule has 1 fully saturated rings. The van der Waals surface area contributed by atoms with Crippen LogP contribution in [0.25, 0.3) is 0 Å². The van der Waals surface area contributed by atoms with Crippen LogP contribution >= 0.6 is 11.6 Å². The van der Waals surface area contributed by atoms with Crippen molar-refractivity contribution < 1.29 is 9.59 Å². The molecular weight excluding hydrogens is 202 g/mol. The molecule has 0 aromatic heterocycles. The Bertz CT molecular complexity index is 386. The Morgan fingerprint density at radius 3 is 2.36 bits per heavy atom. The van der Waals surface area contributed by atoms with E-state index in [0.717, 1.165) is 5.56 Å². The van der Waals surface area contributed by atoms with Crippen molar-refractivity contribution in [3.63, 3.8) is 0 Å². The number of Topliss-reactive ketones (excluding diaryl/α,β-unsaturated/α-hetero) is 1. The first-order valence-corrected chi connectivity index (χ1v) is 4.64. The van der Waals surface area contributed by atoms with Gasteiger partial charge >= 0.3 is 0 Å². The monoisotopic (exact) mass is 209 g/mol. The molecule has 1 atom stereocenters. The van der Waals surface area contributed by atoms with Gasteiger partial charge < -0.3 is 5.32 Å². The van der Waals surface area contributed by atoms with E-state index in [1.54, 1.807) is 24.3 Å². The summed E-state index contributed by atoms with van der Waals surface area (Å²) in [6, 6.07) is 6.97. The van der Waals surface area contributed by atoms with Gasteiger partial charge in [-0.05, 0) is 17.7 Å². The number of hydrogen-bond donors (Lipinski definition) is 1. The van der Waals surface area contributed by atoms with Crippen molar-refractivity contribution in [3.05, 3.63) is 34.9 Å². The van der Waals surface area contributed by atoms with Crippen LogP contribution in [0.1, 0.15) is 11.5 Å². The third kappa shape index (κ3) is 1.51. The maximum absolute atomic E-state index is 11.3. The highest BCUT2D eigenvalue weighted by molar-refractivity contribution is 6.40. The third-order valence-electron chi connectivity index (χ3n) is 2.28. The summed E-state index contributed by atoms with van der Waals surface area (Å²) in [7, 11) is 0. The number of rotatable bonds is 1. The number of halogens is 1. The molecule has 0 bridgehead atoms. The zero-order chi connectivity index (χ0) is 10.1. The number of carbonyl (C=O) groups excluding carboxylic acids is 2. The minimum atomic E-state index is -0.495. The fraction of sp³-hybridized carbons (Fsp3) is 0.200. The molecule has 0 aliphatic carbocycles. The van der Waals surface area contributed by atoms with Crippen LogP contribution in [0, 0.1) is 0 Å². The summed E-state index contributed by atoms with van der Waals surface area (Å²) < 4.78 is 0. The quantitative estimate of drug-likeness (QED) is 0.705. The van der Waals surface area contributed by atoms with Crippen molar-refractivity contribution in [2.24, 2.45) is 0 Å². The summed E-state index contributed by atoms with van der Waals surface area (Å²) in [5.74, 6) is -1.21. The van der Waals surface area contributed by atoms with E-state index in [1.807, 2.05) is 0 Å². The van der Waals surface area contributed by atoms with Crippen LogP contribution in [0.2, 0.25) is 5.02 Å². The topological polar surface area (TPSA) is 46.2 Å². The summed E-state index contributed by atoms with van der Waals surface area (Å²) in [4.78, 5) is 22.3. The Balaban J connectivity index is 2.28. The SMILES string of the molecule is O=C1NCC(c2ccc(Cl)cc2)C1=O.